The van der Waals surface area contributed by atoms with Gasteiger partial charge in [0, 0.05) is 12.1 Å². The molecule has 3 N–H and O–H groups in total. The minimum Gasteiger partial charge on any atom is -0.506 e. The van der Waals surface area contributed by atoms with Gasteiger partial charge in [0.2, 0.25) is 5.91 Å². The van der Waals surface area contributed by atoms with Crippen molar-refractivity contribution in [3.63, 3.8) is 0 Å². The minimum absolute atomic E-state index is 0.0703. The molecule has 0 fully saturated rings. The molecule has 0 aliphatic carbocycles. The first kappa shape index (κ1) is 21.4. The van der Waals surface area contributed by atoms with E-state index in [0.717, 1.165) is 5.56 Å². The highest BCUT2D eigenvalue weighted by molar-refractivity contribution is 14.1. The van der Waals surface area contributed by atoms with E-state index < -0.39 is 5.92 Å². The van der Waals surface area contributed by atoms with E-state index in [1.807, 2.05) is 70.3 Å². The lowest BCUT2D eigenvalue weighted by atomic mass is 9.97. The highest BCUT2D eigenvalue weighted by Gasteiger charge is 2.23. The van der Waals surface area contributed by atoms with E-state index in [1.54, 1.807) is 24.3 Å². The van der Waals surface area contributed by atoms with Crippen LogP contribution in [0.2, 0.25) is 0 Å². The van der Waals surface area contributed by atoms with Crippen LogP contribution >= 0.6 is 45.2 Å². The molecule has 0 saturated carbocycles. The monoisotopic (exact) mass is 589 g/mol. The number of phenolic OH excluding ortho intramolecular Hbond substituents is 1. The Morgan fingerprint density at radius 1 is 1.15 bits per heavy atom. The average molecular weight is 589 g/mol. The van der Waals surface area contributed by atoms with Crippen LogP contribution in [0.5, 0.6) is 5.75 Å². The highest BCUT2D eigenvalue weighted by atomic mass is 127. The topological polar surface area (TPSA) is 102 Å². The first-order valence-corrected chi connectivity index (χ1v) is 10.2. The van der Waals surface area contributed by atoms with Gasteiger partial charge in [0.25, 0.3) is 5.91 Å². The van der Waals surface area contributed by atoms with E-state index in [1.165, 1.54) is 0 Å². The van der Waals surface area contributed by atoms with Gasteiger partial charge in [-0.3, -0.25) is 9.59 Å². The van der Waals surface area contributed by atoms with Gasteiger partial charge < -0.3 is 15.7 Å². The Morgan fingerprint density at radius 3 is 2.30 bits per heavy atom. The number of carbonyl (C=O) groups excluding carboxylic acids is 2. The molecule has 2 rings (SSSR count). The number of rotatable bonds is 6. The summed E-state index contributed by atoms with van der Waals surface area (Å²) in [7, 11) is 0. The van der Waals surface area contributed by atoms with Crippen molar-refractivity contribution in [2.24, 2.45) is 0 Å². The zero-order valence-corrected chi connectivity index (χ0v) is 18.7. The van der Waals surface area contributed by atoms with Crippen LogP contribution in [0.4, 0.5) is 0 Å². The zero-order valence-electron chi connectivity index (χ0n) is 14.4. The van der Waals surface area contributed by atoms with Gasteiger partial charge in [-0.2, -0.15) is 5.26 Å². The van der Waals surface area contributed by atoms with Crippen LogP contribution in [-0.2, 0) is 4.79 Å². The number of nitrogens with one attached hydrogen (secondary N) is 2. The summed E-state index contributed by atoms with van der Waals surface area (Å²) in [6, 6.07) is 12.4. The normalized spacial score (nSPS) is 11.3. The molecule has 2 amide bonds. The van der Waals surface area contributed by atoms with Gasteiger partial charge in [-0.05, 0) is 81.9 Å². The molecule has 8 heteroatoms. The van der Waals surface area contributed by atoms with E-state index in [2.05, 4.69) is 10.6 Å². The van der Waals surface area contributed by atoms with E-state index in [0.29, 0.717) is 18.3 Å². The number of hydrogen-bond donors (Lipinski definition) is 3. The molecule has 0 heterocycles. The van der Waals surface area contributed by atoms with Gasteiger partial charge in [0.15, 0.2) is 0 Å². The predicted octanol–water partition coefficient (Wildman–Crippen LogP) is 3.06. The Hall–Kier alpha value is -1.87. The molecule has 0 spiro atoms. The van der Waals surface area contributed by atoms with Gasteiger partial charge in [0.1, 0.15) is 12.3 Å². The Labute approximate surface area is 184 Å². The maximum atomic E-state index is 12.5. The highest BCUT2D eigenvalue weighted by Crippen LogP contribution is 2.30. The summed E-state index contributed by atoms with van der Waals surface area (Å²) in [5.74, 6) is -1.18. The molecular formula is C19H17I2N3O3. The summed E-state index contributed by atoms with van der Waals surface area (Å²) in [4.78, 5) is 24.9. The first-order chi connectivity index (χ1) is 12.8. The lowest BCUT2D eigenvalue weighted by Gasteiger charge is -2.18. The van der Waals surface area contributed by atoms with Crippen molar-refractivity contribution < 1.29 is 14.7 Å². The molecule has 0 aromatic heterocycles. The Balaban J connectivity index is 2.22. The number of benzene rings is 2. The van der Waals surface area contributed by atoms with Crippen molar-refractivity contribution in [3.8, 4) is 11.8 Å². The summed E-state index contributed by atoms with van der Waals surface area (Å²) < 4.78 is 1.22. The maximum Gasteiger partial charge on any atom is 0.251 e. The summed E-state index contributed by atoms with van der Waals surface area (Å²) in [6.07, 6.45) is 0. The molecule has 1 unspecified atom stereocenters. The second kappa shape index (κ2) is 9.89. The smallest absolute Gasteiger partial charge is 0.251 e. The van der Waals surface area contributed by atoms with Gasteiger partial charge in [-0.15, -0.1) is 0 Å². The second-order valence-electron chi connectivity index (χ2n) is 5.84. The van der Waals surface area contributed by atoms with Crippen molar-refractivity contribution in [2.45, 2.75) is 12.8 Å². The molecular weight excluding hydrogens is 572 g/mol. The van der Waals surface area contributed by atoms with E-state index in [9.17, 15) is 14.7 Å². The number of aryl methyl sites for hydroxylation is 1. The average Bonchev–Trinajstić information content (AvgIpc) is 2.64. The van der Waals surface area contributed by atoms with E-state index in [-0.39, 0.29) is 30.7 Å². The molecule has 0 saturated heterocycles. The molecule has 0 radical (unpaired) electrons. The number of aromatic hydroxyl groups is 1. The summed E-state index contributed by atoms with van der Waals surface area (Å²) in [5, 5.41) is 24.0. The van der Waals surface area contributed by atoms with Crippen molar-refractivity contribution in [3.05, 3.63) is 60.2 Å². The number of nitrogens with zero attached hydrogens (tertiary/aromatic N) is 1. The number of amides is 2. The molecule has 2 aromatic rings. The maximum absolute atomic E-state index is 12.5. The van der Waals surface area contributed by atoms with Gasteiger partial charge >= 0.3 is 0 Å². The summed E-state index contributed by atoms with van der Waals surface area (Å²) in [6.45, 7) is 1.89. The molecule has 6 nitrogen and oxygen atoms in total. The molecule has 0 aliphatic heterocycles. The van der Waals surface area contributed by atoms with Crippen LogP contribution in [0.25, 0.3) is 0 Å². The molecule has 1 atom stereocenters. The van der Waals surface area contributed by atoms with Crippen molar-refractivity contribution in [1.29, 1.82) is 5.26 Å². The first-order valence-electron chi connectivity index (χ1n) is 8.01. The molecule has 140 valence electrons. The van der Waals surface area contributed by atoms with Crippen LogP contribution in [0, 0.1) is 25.4 Å². The van der Waals surface area contributed by atoms with Crippen molar-refractivity contribution in [1.82, 2.24) is 10.6 Å². The number of carbonyl (C=O) groups is 2. The van der Waals surface area contributed by atoms with Crippen LogP contribution in [0.1, 0.15) is 27.4 Å². The van der Waals surface area contributed by atoms with Crippen LogP contribution in [-0.4, -0.2) is 30.0 Å². The molecule has 2 aromatic carbocycles. The van der Waals surface area contributed by atoms with Gasteiger partial charge in [0.05, 0.1) is 19.1 Å². The predicted molar refractivity (Wildman–Crippen MR) is 118 cm³/mol. The van der Waals surface area contributed by atoms with Crippen LogP contribution in [0.15, 0.2) is 36.4 Å². The third kappa shape index (κ3) is 5.80. The molecule has 0 bridgehead atoms. The van der Waals surface area contributed by atoms with Crippen molar-refractivity contribution in [2.75, 3.05) is 13.1 Å². The van der Waals surface area contributed by atoms with Crippen molar-refractivity contribution >= 4 is 57.0 Å². The second-order valence-corrected chi connectivity index (χ2v) is 8.16. The van der Waals surface area contributed by atoms with E-state index >= 15 is 0 Å². The quantitative estimate of drug-likeness (QED) is 0.357. The lowest BCUT2D eigenvalue weighted by molar-refractivity contribution is -0.122. The zero-order chi connectivity index (χ0) is 20.0. The third-order valence-electron chi connectivity index (χ3n) is 3.88. The molecule has 27 heavy (non-hydrogen) atoms. The Kier molecular flexibility index (Phi) is 7.85. The van der Waals surface area contributed by atoms with Gasteiger partial charge in [-0.25, -0.2) is 0 Å². The fourth-order valence-electron chi connectivity index (χ4n) is 2.40. The minimum atomic E-state index is -0.685. The Morgan fingerprint density at radius 2 is 1.74 bits per heavy atom. The molecule has 0 aliphatic rings. The fraction of sp³-hybridized carbons (Fsp3) is 0.211. The fourth-order valence-corrected chi connectivity index (χ4v) is 4.22. The summed E-state index contributed by atoms with van der Waals surface area (Å²) >= 11 is 3.98. The largest absolute Gasteiger partial charge is 0.506 e. The SMILES string of the molecule is Cc1ccc(C(=O)NCC(C(=O)NCC#N)c2cc(I)c(O)c(I)c2)cc1. The standard InChI is InChI=1S/C19H17I2N3O3/c1-11-2-4-12(5-3-11)18(26)24-10-14(19(27)23-7-6-22)13-8-15(20)17(25)16(21)9-13/h2-5,8-9,14,25H,7,10H2,1H3,(H,23,27)(H,24,26). The number of nitriles is 1. The third-order valence-corrected chi connectivity index (χ3v) is 5.52. The Bertz CT molecular complexity index is 869. The number of halogens is 2. The van der Waals surface area contributed by atoms with Crippen LogP contribution in [0.3, 0.4) is 0 Å². The van der Waals surface area contributed by atoms with Crippen LogP contribution < -0.4 is 10.6 Å². The van der Waals surface area contributed by atoms with Gasteiger partial charge in [-0.1, -0.05) is 17.7 Å². The summed E-state index contributed by atoms with van der Waals surface area (Å²) in [5.41, 5.74) is 2.21. The number of phenols is 1. The number of hydrogen-bond acceptors (Lipinski definition) is 4. The van der Waals surface area contributed by atoms with E-state index in [4.69, 9.17) is 5.26 Å². The lowest BCUT2D eigenvalue weighted by Crippen LogP contribution is -2.37.